The minimum atomic E-state index is 0.146. The van der Waals surface area contributed by atoms with Gasteiger partial charge in [-0.2, -0.15) is 0 Å². The second-order valence-electron chi connectivity index (χ2n) is 6.93. The van der Waals surface area contributed by atoms with Gasteiger partial charge in [0.15, 0.2) is 0 Å². The summed E-state index contributed by atoms with van der Waals surface area (Å²) < 4.78 is 0. The number of rotatable bonds is 4. The molecule has 0 radical (unpaired) electrons. The number of carbonyl (C=O) groups excluding carboxylic acids is 2. The molecule has 2 atom stereocenters. The molecule has 1 N–H and O–H groups in total. The Kier molecular flexibility index (Phi) is 6.20. The van der Waals surface area contributed by atoms with Gasteiger partial charge < -0.3 is 15.1 Å². The van der Waals surface area contributed by atoms with E-state index in [-0.39, 0.29) is 11.8 Å². The van der Waals surface area contributed by atoms with E-state index in [9.17, 15) is 9.59 Å². The smallest absolute Gasteiger partial charge is 0.236 e. The predicted octanol–water partition coefficient (Wildman–Crippen LogP) is -0.145. The van der Waals surface area contributed by atoms with Gasteiger partial charge in [0.1, 0.15) is 0 Å². The number of piperidine rings is 1. The second kappa shape index (κ2) is 7.92. The van der Waals surface area contributed by atoms with Gasteiger partial charge in [0.2, 0.25) is 11.8 Å². The molecule has 2 rings (SSSR count). The number of likely N-dealkylation sites (tertiary alicyclic amines) is 1. The van der Waals surface area contributed by atoms with Crippen molar-refractivity contribution in [1.29, 1.82) is 0 Å². The van der Waals surface area contributed by atoms with Crippen LogP contribution in [0.1, 0.15) is 20.3 Å². The standard InChI is InChI=1S/C16H30N4O2/c1-13-8-14(2)11-20(10-13)16(22)12-18-4-6-19(7-5-18)15(21)9-17-3/h13-14,17H,4-12H2,1-3H3. The number of hydrogen-bond acceptors (Lipinski definition) is 4. The molecule has 2 amide bonds. The van der Waals surface area contributed by atoms with E-state index in [0.29, 0.717) is 24.9 Å². The Hall–Kier alpha value is -1.14. The van der Waals surface area contributed by atoms with Gasteiger partial charge in [-0.3, -0.25) is 14.5 Å². The quantitative estimate of drug-likeness (QED) is 0.785. The number of amides is 2. The monoisotopic (exact) mass is 310 g/mol. The molecule has 0 spiro atoms. The molecule has 0 bridgehead atoms. The van der Waals surface area contributed by atoms with Crippen molar-refractivity contribution >= 4 is 11.8 Å². The van der Waals surface area contributed by atoms with E-state index in [2.05, 4.69) is 24.1 Å². The average Bonchev–Trinajstić information content (AvgIpc) is 2.47. The maximum Gasteiger partial charge on any atom is 0.236 e. The van der Waals surface area contributed by atoms with Gasteiger partial charge >= 0.3 is 0 Å². The van der Waals surface area contributed by atoms with Crippen LogP contribution in [0.5, 0.6) is 0 Å². The second-order valence-corrected chi connectivity index (χ2v) is 6.93. The normalized spacial score (nSPS) is 27.0. The van der Waals surface area contributed by atoms with E-state index in [1.807, 2.05) is 9.80 Å². The lowest BCUT2D eigenvalue weighted by Crippen LogP contribution is -2.53. The van der Waals surface area contributed by atoms with Gasteiger partial charge in [-0.05, 0) is 25.3 Å². The number of piperazine rings is 1. The highest BCUT2D eigenvalue weighted by molar-refractivity contribution is 5.79. The van der Waals surface area contributed by atoms with E-state index in [0.717, 1.165) is 39.3 Å². The molecule has 2 aliphatic heterocycles. The highest BCUT2D eigenvalue weighted by Crippen LogP contribution is 2.21. The SMILES string of the molecule is CNCC(=O)N1CCN(CC(=O)N2CC(C)CC(C)C2)CC1. The van der Waals surface area contributed by atoms with Crippen LogP contribution in [0.3, 0.4) is 0 Å². The molecular weight excluding hydrogens is 280 g/mol. The van der Waals surface area contributed by atoms with Crippen LogP contribution in [0.25, 0.3) is 0 Å². The molecule has 2 saturated heterocycles. The molecule has 0 saturated carbocycles. The van der Waals surface area contributed by atoms with Crippen LogP contribution in [-0.2, 0) is 9.59 Å². The lowest BCUT2D eigenvalue weighted by atomic mass is 9.92. The number of likely N-dealkylation sites (N-methyl/N-ethyl adjacent to an activating group) is 1. The summed E-state index contributed by atoms with van der Waals surface area (Å²) in [7, 11) is 1.79. The summed E-state index contributed by atoms with van der Waals surface area (Å²) in [6.07, 6.45) is 1.22. The van der Waals surface area contributed by atoms with E-state index in [1.54, 1.807) is 7.05 Å². The van der Waals surface area contributed by atoms with Crippen LogP contribution in [0.2, 0.25) is 0 Å². The Morgan fingerprint density at radius 1 is 0.955 bits per heavy atom. The van der Waals surface area contributed by atoms with E-state index in [4.69, 9.17) is 0 Å². The third-order valence-corrected chi connectivity index (χ3v) is 4.63. The van der Waals surface area contributed by atoms with Gasteiger partial charge in [0.05, 0.1) is 13.1 Å². The van der Waals surface area contributed by atoms with Crippen LogP contribution < -0.4 is 5.32 Å². The molecule has 2 heterocycles. The molecular formula is C16H30N4O2. The molecule has 2 fully saturated rings. The van der Waals surface area contributed by atoms with E-state index < -0.39 is 0 Å². The molecule has 126 valence electrons. The van der Waals surface area contributed by atoms with Crippen molar-refractivity contribution in [3.05, 3.63) is 0 Å². The topological polar surface area (TPSA) is 55.9 Å². The number of nitrogens with one attached hydrogen (secondary N) is 1. The Bertz CT molecular complexity index is 384. The molecule has 6 heteroatoms. The summed E-state index contributed by atoms with van der Waals surface area (Å²) in [5.74, 6) is 1.59. The minimum Gasteiger partial charge on any atom is -0.341 e. The highest BCUT2D eigenvalue weighted by Gasteiger charge is 2.28. The summed E-state index contributed by atoms with van der Waals surface area (Å²) in [4.78, 5) is 30.4. The highest BCUT2D eigenvalue weighted by atomic mass is 16.2. The maximum atomic E-state index is 12.5. The summed E-state index contributed by atoms with van der Waals surface area (Å²) in [6, 6.07) is 0. The van der Waals surface area contributed by atoms with E-state index in [1.165, 1.54) is 6.42 Å². The van der Waals surface area contributed by atoms with Crippen molar-refractivity contribution in [1.82, 2.24) is 20.0 Å². The van der Waals surface area contributed by atoms with Gasteiger partial charge in [-0.15, -0.1) is 0 Å². The Labute approximate surface area is 133 Å². The zero-order valence-electron chi connectivity index (χ0n) is 14.2. The fraction of sp³-hybridized carbons (Fsp3) is 0.875. The van der Waals surface area contributed by atoms with Gasteiger partial charge in [0, 0.05) is 39.3 Å². The molecule has 2 unspecified atom stereocenters. The largest absolute Gasteiger partial charge is 0.341 e. The summed E-state index contributed by atoms with van der Waals surface area (Å²) >= 11 is 0. The fourth-order valence-electron chi connectivity index (χ4n) is 3.58. The summed E-state index contributed by atoms with van der Waals surface area (Å²) in [6.45, 7) is 10.1. The van der Waals surface area contributed by atoms with Gasteiger partial charge in [-0.1, -0.05) is 13.8 Å². The summed E-state index contributed by atoms with van der Waals surface area (Å²) in [5.41, 5.74) is 0. The van der Waals surface area contributed by atoms with Crippen LogP contribution in [0, 0.1) is 11.8 Å². The molecule has 0 aromatic heterocycles. The molecule has 6 nitrogen and oxygen atoms in total. The maximum absolute atomic E-state index is 12.5. The number of hydrogen-bond donors (Lipinski definition) is 1. The minimum absolute atomic E-state index is 0.146. The van der Waals surface area contributed by atoms with Crippen LogP contribution >= 0.6 is 0 Å². The average molecular weight is 310 g/mol. The van der Waals surface area contributed by atoms with Crippen molar-refractivity contribution in [2.45, 2.75) is 20.3 Å². The zero-order valence-corrected chi connectivity index (χ0v) is 14.2. The van der Waals surface area contributed by atoms with Crippen molar-refractivity contribution < 1.29 is 9.59 Å². The third kappa shape index (κ3) is 4.68. The van der Waals surface area contributed by atoms with Crippen molar-refractivity contribution in [2.75, 3.05) is 59.4 Å². The molecule has 22 heavy (non-hydrogen) atoms. The molecule has 0 aliphatic carbocycles. The predicted molar refractivity (Wildman–Crippen MR) is 86.5 cm³/mol. The van der Waals surface area contributed by atoms with Gasteiger partial charge in [-0.25, -0.2) is 0 Å². The van der Waals surface area contributed by atoms with Gasteiger partial charge in [0.25, 0.3) is 0 Å². The first-order chi connectivity index (χ1) is 10.5. The van der Waals surface area contributed by atoms with Crippen LogP contribution in [0.15, 0.2) is 0 Å². The van der Waals surface area contributed by atoms with E-state index >= 15 is 0 Å². The fourth-order valence-corrected chi connectivity index (χ4v) is 3.58. The lowest BCUT2D eigenvalue weighted by molar-refractivity contribution is -0.136. The Balaban J connectivity index is 1.76. The van der Waals surface area contributed by atoms with Crippen LogP contribution in [0.4, 0.5) is 0 Å². The summed E-state index contributed by atoms with van der Waals surface area (Å²) in [5, 5.41) is 2.89. The molecule has 0 aromatic rings. The molecule has 2 aliphatic rings. The van der Waals surface area contributed by atoms with Crippen molar-refractivity contribution in [3.63, 3.8) is 0 Å². The van der Waals surface area contributed by atoms with Crippen molar-refractivity contribution in [2.24, 2.45) is 11.8 Å². The molecule has 0 aromatic carbocycles. The lowest BCUT2D eigenvalue weighted by Gasteiger charge is -2.38. The van der Waals surface area contributed by atoms with Crippen LogP contribution in [-0.4, -0.2) is 85.9 Å². The Morgan fingerprint density at radius 2 is 1.55 bits per heavy atom. The number of carbonyl (C=O) groups is 2. The first-order valence-corrected chi connectivity index (χ1v) is 8.42. The number of nitrogens with zero attached hydrogens (tertiary/aromatic N) is 3. The zero-order chi connectivity index (χ0) is 16.1. The first-order valence-electron chi connectivity index (χ1n) is 8.42. The first kappa shape index (κ1) is 17.2. The third-order valence-electron chi connectivity index (χ3n) is 4.63. The van der Waals surface area contributed by atoms with Crippen molar-refractivity contribution in [3.8, 4) is 0 Å². The Morgan fingerprint density at radius 3 is 2.09 bits per heavy atom.